The normalized spacial score (nSPS) is 12.9. The second-order valence-corrected chi connectivity index (χ2v) is 5.73. The molecule has 0 bridgehead atoms. The Labute approximate surface area is 151 Å². The Balaban J connectivity index is 1.84. The molecule has 0 aromatic heterocycles. The molecule has 0 unspecified atom stereocenters. The molecule has 3 rings (SSSR count). The second kappa shape index (κ2) is 7.62. The highest BCUT2D eigenvalue weighted by Gasteiger charge is 2.15. The molecule has 0 aliphatic carbocycles. The van der Waals surface area contributed by atoms with Crippen molar-refractivity contribution in [3.05, 3.63) is 53.1 Å². The van der Waals surface area contributed by atoms with E-state index in [0.717, 1.165) is 5.56 Å². The minimum absolute atomic E-state index is 0.0243. The molecule has 26 heavy (non-hydrogen) atoms. The van der Waals surface area contributed by atoms with Gasteiger partial charge in [-0.05, 0) is 37.3 Å². The van der Waals surface area contributed by atoms with E-state index in [1.807, 2.05) is 25.1 Å². The number of fused-ring (bicyclic) bond motifs is 1. The minimum Gasteiger partial charge on any atom is -0.496 e. The van der Waals surface area contributed by atoms with Gasteiger partial charge in [-0.3, -0.25) is 4.79 Å². The minimum atomic E-state index is -0.507. The number of hydrogen-bond donors (Lipinski definition) is 1. The van der Waals surface area contributed by atoms with Crippen molar-refractivity contribution in [2.75, 3.05) is 25.6 Å². The number of aryl methyl sites for hydroxylation is 1. The van der Waals surface area contributed by atoms with Crippen molar-refractivity contribution in [2.24, 2.45) is 0 Å². The van der Waals surface area contributed by atoms with E-state index in [0.29, 0.717) is 41.7 Å². The summed E-state index contributed by atoms with van der Waals surface area (Å²) in [6.07, 6.45) is 1.51. The van der Waals surface area contributed by atoms with Gasteiger partial charge in [-0.2, -0.15) is 5.26 Å². The van der Waals surface area contributed by atoms with Gasteiger partial charge in [0, 0.05) is 17.3 Å². The predicted molar refractivity (Wildman–Crippen MR) is 97.4 cm³/mol. The van der Waals surface area contributed by atoms with E-state index in [2.05, 4.69) is 5.32 Å². The SMILES string of the molecule is COc1ccc(C)cc1/C=C(\C#N)C(=O)Nc1ccc2c(c1)OCCO2. The first-order chi connectivity index (χ1) is 12.6. The van der Waals surface area contributed by atoms with Crippen LogP contribution in [0.1, 0.15) is 11.1 Å². The average Bonchev–Trinajstić information content (AvgIpc) is 2.66. The molecule has 0 radical (unpaired) electrons. The number of benzene rings is 2. The molecule has 0 spiro atoms. The van der Waals surface area contributed by atoms with Gasteiger partial charge >= 0.3 is 0 Å². The number of nitriles is 1. The lowest BCUT2D eigenvalue weighted by atomic mass is 10.1. The molecule has 1 aliphatic heterocycles. The first-order valence-electron chi connectivity index (χ1n) is 8.08. The molecule has 1 heterocycles. The molecular formula is C20H18N2O4. The van der Waals surface area contributed by atoms with Gasteiger partial charge < -0.3 is 19.5 Å². The molecule has 1 aliphatic rings. The number of carbonyl (C=O) groups excluding carboxylic acids is 1. The molecular weight excluding hydrogens is 332 g/mol. The van der Waals surface area contributed by atoms with E-state index < -0.39 is 5.91 Å². The second-order valence-electron chi connectivity index (χ2n) is 5.73. The van der Waals surface area contributed by atoms with E-state index in [-0.39, 0.29) is 5.57 Å². The Morgan fingerprint density at radius 1 is 1.19 bits per heavy atom. The van der Waals surface area contributed by atoms with Crippen molar-refractivity contribution in [3.63, 3.8) is 0 Å². The molecule has 132 valence electrons. The van der Waals surface area contributed by atoms with Crippen LogP contribution in [0.25, 0.3) is 6.08 Å². The summed E-state index contributed by atoms with van der Waals surface area (Å²) in [6.45, 7) is 2.89. The Morgan fingerprint density at radius 2 is 1.96 bits per heavy atom. The fourth-order valence-electron chi connectivity index (χ4n) is 2.59. The van der Waals surface area contributed by atoms with E-state index in [1.54, 1.807) is 31.4 Å². The third-order valence-corrected chi connectivity index (χ3v) is 3.85. The van der Waals surface area contributed by atoms with Crippen molar-refractivity contribution < 1.29 is 19.0 Å². The monoisotopic (exact) mass is 350 g/mol. The van der Waals surface area contributed by atoms with Crippen LogP contribution >= 0.6 is 0 Å². The standard InChI is InChI=1S/C20H18N2O4/c1-13-3-5-17(24-2)14(9-13)10-15(12-21)20(23)22-16-4-6-18-19(11-16)26-8-7-25-18/h3-6,9-11H,7-8H2,1-2H3,(H,22,23)/b15-10+. The third kappa shape index (κ3) is 3.78. The first-order valence-corrected chi connectivity index (χ1v) is 8.08. The first kappa shape index (κ1) is 17.4. The molecule has 0 atom stereocenters. The van der Waals surface area contributed by atoms with Crippen molar-refractivity contribution in [1.29, 1.82) is 5.26 Å². The zero-order chi connectivity index (χ0) is 18.5. The number of nitrogens with zero attached hydrogens (tertiary/aromatic N) is 1. The predicted octanol–water partition coefficient (Wildman–Crippen LogP) is 3.32. The quantitative estimate of drug-likeness (QED) is 0.676. The third-order valence-electron chi connectivity index (χ3n) is 3.85. The molecule has 1 N–H and O–H groups in total. The molecule has 2 aromatic rings. The fourth-order valence-corrected chi connectivity index (χ4v) is 2.59. The van der Waals surface area contributed by atoms with Crippen LogP contribution in [0.3, 0.4) is 0 Å². The average molecular weight is 350 g/mol. The van der Waals surface area contributed by atoms with Crippen molar-refractivity contribution in [2.45, 2.75) is 6.92 Å². The van der Waals surface area contributed by atoms with Crippen LogP contribution in [0.4, 0.5) is 5.69 Å². The maximum Gasteiger partial charge on any atom is 0.266 e. The van der Waals surface area contributed by atoms with Gasteiger partial charge in [-0.1, -0.05) is 11.6 Å². The Hall–Kier alpha value is -3.46. The number of amides is 1. The number of rotatable bonds is 4. The zero-order valence-electron chi connectivity index (χ0n) is 14.5. The number of carbonyl (C=O) groups is 1. The number of hydrogen-bond acceptors (Lipinski definition) is 5. The van der Waals surface area contributed by atoms with Gasteiger partial charge in [-0.15, -0.1) is 0 Å². The molecule has 1 amide bonds. The Bertz CT molecular complexity index is 913. The van der Waals surface area contributed by atoms with Crippen molar-refractivity contribution in [3.8, 4) is 23.3 Å². The van der Waals surface area contributed by atoms with Crippen molar-refractivity contribution >= 4 is 17.7 Å². The summed E-state index contributed by atoms with van der Waals surface area (Å²) in [5.41, 5.74) is 2.17. The van der Waals surface area contributed by atoms with Crippen LogP contribution in [-0.2, 0) is 4.79 Å². The highest BCUT2D eigenvalue weighted by Crippen LogP contribution is 2.32. The number of nitrogens with one attached hydrogen (secondary N) is 1. The molecule has 6 nitrogen and oxygen atoms in total. The maximum absolute atomic E-state index is 12.5. The largest absolute Gasteiger partial charge is 0.496 e. The lowest BCUT2D eigenvalue weighted by molar-refractivity contribution is -0.112. The summed E-state index contributed by atoms with van der Waals surface area (Å²) in [7, 11) is 1.54. The van der Waals surface area contributed by atoms with Gasteiger partial charge in [-0.25, -0.2) is 0 Å². The van der Waals surface area contributed by atoms with Crippen LogP contribution in [0, 0.1) is 18.3 Å². The summed E-state index contributed by atoms with van der Waals surface area (Å²) < 4.78 is 16.2. The van der Waals surface area contributed by atoms with Gasteiger partial charge in [0.25, 0.3) is 5.91 Å². The lowest BCUT2D eigenvalue weighted by Gasteiger charge is -2.18. The number of methoxy groups -OCH3 is 1. The molecule has 2 aromatic carbocycles. The van der Waals surface area contributed by atoms with Gasteiger partial charge in [0.15, 0.2) is 11.5 Å². The number of ether oxygens (including phenoxy) is 3. The summed E-state index contributed by atoms with van der Waals surface area (Å²) in [4.78, 5) is 12.5. The van der Waals surface area contributed by atoms with Crippen LogP contribution in [0.15, 0.2) is 42.0 Å². The zero-order valence-corrected chi connectivity index (χ0v) is 14.5. The van der Waals surface area contributed by atoms with E-state index >= 15 is 0 Å². The smallest absolute Gasteiger partial charge is 0.266 e. The van der Waals surface area contributed by atoms with Crippen LogP contribution in [0.5, 0.6) is 17.2 Å². The van der Waals surface area contributed by atoms with Crippen molar-refractivity contribution in [1.82, 2.24) is 0 Å². The summed E-state index contributed by atoms with van der Waals surface area (Å²) in [5, 5.41) is 12.1. The Kier molecular flexibility index (Phi) is 5.09. The number of anilines is 1. The molecule has 0 fully saturated rings. The van der Waals surface area contributed by atoms with Crippen LogP contribution in [0.2, 0.25) is 0 Å². The van der Waals surface area contributed by atoms with E-state index in [1.165, 1.54) is 6.08 Å². The lowest BCUT2D eigenvalue weighted by Crippen LogP contribution is -2.17. The Morgan fingerprint density at radius 3 is 2.69 bits per heavy atom. The summed E-state index contributed by atoms with van der Waals surface area (Å²) in [6, 6.07) is 12.6. The maximum atomic E-state index is 12.5. The van der Waals surface area contributed by atoms with Crippen LogP contribution < -0.4 is 19.5 Å². The fraction of sp³-hybridized carbons (Fsp3) is 0.200. The summed E-state index contributed by atoms with van der Waals surface area (Å²) in [5.74, 6) is 1.29. The molecule has 6 heteroatoms. The summed E-state index contributed by atoms with van der Waals surface area (Å²) >= 11 is 0. The molecule has 0 saturated heterocycles. The highest BCUT2D eigenvalue weighted by atomic mass is 16.6. The van der Waals surface area contributed by atoms with Gasteiger partial charge in [0.1, 0.15) is 30.6 Å². The topological polar surface area (TPSA) is 80.6 Å². The molecule has 0 saturated carbocycles. The van der Waals surface area contributed by atoms with E-state index in [4.69, 9.17) is 14.2 Å². The van der Waals surface area contributed by atoms with Gasteiger partial charge in [0.05, 0.1) is 7.11 Å². The van der Waals surface area contributed by atoms with E-state index in [9.17, 15) is 10.1 Å². The van der Waals surface area contributed by atoms with Gasteiger partial charge in [0.2, 0.25) is 0 Å². The van der Waals surface area contributed by atoms with Crippen LogP contribution in [-0.4, -0.2) is 26.2 Å². The highest BCUT2D eigenvalue weighted by molar-refractivity contribution is 6.10.